The van der Waals surface area contributed by atoms with Gasteiger partial charge in [-0.25, -0.2) is 9.97 Å². The summed E-state index contributed by atoms with van der Waals surface area (Å²) in [7, 11) is 0. The number of hydrogen-bond acceptors (Lipinski definition) is 5. The second kappa shape index (κ2) is 5.73. The number of aryl methyl sites for hydroxylation is 1. The maximum Gasteiger partial charge on any atom is 0.325 e. The predicted molar refractivity (Wildman–Crippen MR) is 88.3 cm³/mol. The number of aliphatic carboxylic acids is 1. The molecule has 22 heavy (non-hydrogen) atoms. The first-order valence-electron chi connectivity index (χ1n) is 6.86. The van der Waals surface area contributed by atoms with Gasteiger partial charge in [0.2, 0.25) is 0 Å². The van der Waals surface area contributed by atoms with Crippen molar-refractivity contribution in [3.63, 3.8) is 0 Å². The molecule has 0 aliphatic rings. The number of carboxylic acids is 1. The van der Waals surface area contributed by atoms with Crippen molar-refractivity contribution < 1.29 is 9.90 Å². The van der Waals surface area contributed by atoms with Crippen LogP contribution in [0.4, 0.5) is 5.82 Å². The van der Waals surface area contributed by atoms with Gasteiger partial charge in [0.05, 0.1) is 5.39 Å². The monoisotopic (exact) mass is 313 g/mol. The summed E-state index contributed by atoms with van der Waals surface area (Å²) >= 11 is 1.58. The third-order valence-electron chi connectivity index (χ3n) is 3.45. The van der Waals surface area contributed by atoms with Crippen molar-refractivity contribution in [3.05, 3.63) is 41.5 Å². The summed E-state index contributed by atoms with van der Waals surface area (Å²) in [5.41, 5.74) is 2.13. The molecule has 2 heterocycles. The van der Waals surface area contributed by atoms with Crippen LogP contribution in [0.5, 0.6) is 0 Å². The molecule has 3 rings (SSSR count). The van der Waals surface area contributed by atoms with E-state index in [1.165, 1.54) is 6.33 Å². The fourth-order valence-corrected chi connectivity index (χ4v) is 3.39. The van der Waals surface area contributed by atoms with E-state index >= 15 is 0 Å². The Morgan fingerprint density at radius 2 is 2.00 bits per heavy atom. The number of rotatable bonds is 4. The molecular formula is C16H15N3O2S. The lowest BCUT2D eigenvalue weighted by Crippen LogP contribution is -2.26. The minimum Gasteiger partial charge on any atom is -0.480 e. The smallest absolute Gasteiger partial charge is 0.325 e. The average molecular weight is 313 g/mol. The first kappa shape index (κ1) is 14.5. The molecule has 0 aliphatic carbocycles. The van der Waals surface area contributed by atoms with E-state index in [1.807, 2.05) is 37.3 Å². The SMILES string of the molecule is Cc1sc2ncnc(N[C@H](C)C(=O)O)c2c1-c1ccccc1. The number of carboxylic acid groups (broad SMARTS) is 1. The molecule has 0 fully saturated rings. The lowest BCUT2D eigenvalue weighted by molar-refractivity contribution is -0.137. The van der Waals surface area contributed by atoms with E-state index < -0.39 is 12.0 Å². The molecule has 3 aromatic rings. The molecule has 0 saturated carbocycles. The number of benzene rings is 1. The zero-order chi connectivity index (χ0) is 15.7. The fourth-order valence-electron chi connectivity index (χ4n) is 2.37. The molecule has 0 saturated heterocycles. The highest BCUT2D eigenvalue weighted by Gasteiger charge is 2.19. The van der Waals surface area contributed by atoms with E-state index in [4.69, 9.17) is 5.11 Å². The van der Waals surface area contributed by atoms with E-state index in [2.05, 4.69) is 15.3 Å². The van der Waals surface area contributed by atoms with Gasteiger partial charge in [0.1, 0.15) is 23.0 Å². The van der Waals surface area contributed by atoms with Crippen molar-refractivity contribution in [2.24, 2.45) is 0 Å². The molecule has 1 aromatic carbocycles. The third kappa shape index (κ3) is 2.53. The number of aromatic nitrogens is 2. The third-order valence-corrected chi connectivity index (χ3v) is 4.46. The van der Waals surface area contributed by atoms with Crippen molar-refractivity contribution in [2.45, 2.75) is 19.9 Å². The van der Waals surface area contributed by atoms with Crippen molar-refractivity contribution in [3.8, 4) is 11.1 Å². The largest absolute Gasteiger partial charge is 0.480 e. The standard InChI is InChI=1S/C16H15N3O2S/c1-9(16(20)21)19-14-13-12(11-6-4-3-5-7-11)10(2)22-15(13)18-8-17-14/h3-9H,1-2H3,(H,20,21)(H,17,18,19)/t9-/m1/s1. The molecular weight excluding hydrogens is 298 g/mol. The Hall–Kier alpha value is -2.47. The highest BCUT2D eigenvalue weighted by Crippen LogP contribution is 2.40. The Morgan fingerprint density at radius 3 is 2.68 bits per heavy atom. The van der Waals surface area contributed by atoms with Gasteiger partial charge in [-0.05, 0) is 19.4 Å². The van der Waals surface area contributed by atoms with Gasteiger partial charge in [0.15, 0.2) is 0 Å². The number of fused-ring (bicyclic) bond motifs is 1. The summed E-state index contributed by atoms with van der Waals surface area (Å²) in [6.45, 7) is 3.64. The van der Waals surface area contributed by atoms with E-state index in [1.54, 1.807) is 18.3 Å². The van der Waals surface area contributed by atoms with Crippen LogP contribution in [-0.2, 0) is 4.79 Å². The minimum atomic E-state index is -0.917. The average Bonchev–Trinajstić information content (AvgIpc) is 2.85. The number of anilines is 1. The zero-order valence-corrected chi connectivity index (χ0v) is 13.0. The molecule has 5 nitrogen and oxygen atoms in total. The van der Waals surface area contributed by atoms with Crippen LogP contribution in [0.2, 0.25) is 0 Å². The van der Waals surface area contributed by atoms with Crippen LogP contribution in [-0.4, -0.2) is 27.1 Å². The maximum atomic E-state index is 11.1. The van der Waals surface area contributed by atoms with Crippen molar-refractivity contribution in [2.75, 3.05) is 5.32 Å². The Labute approximate surface area is 131 Å². The van der Waals surface area contributed by atoms with Gasteiger partial charge in [-0.2, -0.15) is 0 Å². The molecule has 6 heteroatoms. The summed E-state index contributed by atoms with van der Waals surface area (Å²) in [4.78, 5) is 21.7. The van der Waals surface area contributed by atoms with Crippen molar-refractivity contribution in [1.82, 2.24) is 9.97 Å². The highest BCUT2D eigenvalue weighted by molar-refractivity contribution is 7.19. The molecule has 0 radical (unpaired) electrons. The lowest BCUT2D eigenvalue weighted by Gasteiger charge is -2.12. The van der Waals surface area contributed by atoms with Crippen LogP contribution in [0, 0.1) is 6.92 Å². The molecule has 0 spiro atoms. The fraction of sp³-hybridized carbons (Fsp3) is 0.188. The molecule has 0 unspecified atom stereocenters. The Kier molecular flexibility index (Phi) is 3.77. The second-order valence-corrected chi connectivity index (χ2v) is 6.21. The zero-order valence-electron chi connectivity index (χ0n) is 12.2. The summed E-state index contributed by atoms with van der Waals surface area (Å²) in [6.07, 6.45) is 1.46. The summed E-state index contributed by atoms with van der Waals surface area (Å²) in [5, 5.41) is 12.9. The van der Waals surface area contributed by atoms with Gasteiger partial charge >= 0.3 is 5.97 Å². The van der Waals surface area contributed by atoms with Gasteiger partial charge in [-0.3, -0.25) is 4.79 Å². The second-order valence-electron chi connectivity index (χ2n) is 5.01. The molecule has 0 bridgehead atoms. The van der Waals surface area contributed by atoms with Crippen LogP contribution >= 0.6 is 11.3 Å². The topological polar surface area (TPSA) is 75.1 Å². The highest BCUT2D eigenvalue weighted by atomic mass is 32.1. The molecule has 112 valence electrons. The van der Waals surface area contributed by atoms with Gasteiger partial charge in [0.25, 0.3) is 0 Å². The van der Waals surface area contributed by atoms with Gasteiger partial charge in [-0.1, -0.05) is 30.3 Å². The van der Waals surface area contributed by atoms with Crippen LogP contribution in [0.3, 0.4) is 0 Å². The van der Waals surface area contributed by atoms with E-state index in [-0.39, 0.29) is 0 Å². The number of thiophene rings is 1. The van der Waals surface area contributed by atoms with Crippen molar-refractivity contribution in [1.29, 1.82) is 0 Å². The van der Waals surface area contributed by atoms with Crippen LogP contribution in [0.1, 0.15) is 11.8 Å². The molecule has 2 aromatic heterocycles. The quantitative estimate of drug-likeness (QED) is 0.770. The van der Waals surface area contributed by atoms with Gasteiger partial charge < -0.3 is 10.4 Å². The van der Waals surface area contributed by atoms with Crippen LogP contribution in [0.25, 0.3) is 21.3 Å². The molecule has 2 N–H and O–H groups in total. The lowest BCUT2D eigenvalue weighted by atomic mass is 10.0. The van der Waals surface area contributed by atoms with Gasteiger partial charge in [-0.15, -0.1) is 11.3 Å². The normalized spacial score (nSPS) is 12.3. The molecule has 0 aliphatic heterocycles. The Morgan fingerprint density at radius 1 is 1.27 bits per heavy atom. The van der Waals surface area contributed by atoms with E-state index in [0.29, 0.717) is 5.82 Å². The number of nitrogens with one attached hydrogen (secondary N) is 1. The first-order chi connectivity index (χ1) is 10.6. The summed E-state index contributed by atoms with van der Waals surface area (Å²) < 4.78 is 0. The maximum absolute atomic E-state index is 11.1. The molecule has 0 amide bonds. The molecule has 1 atom stereocenters. The summed E-state index contributed by atoms with van der Waals surface area (Å²) in [6, 6.07) is 9.28. The Balaban J connectivity index is 2.20. The van der Waals surface area contributed by atoms with Crippen molar-refractivity contribution >= 4 is 33.3 Å². The predicted octanol–water partition coefficient (Wildman–Crippen LogP) is 3.55. The van der Waals surface area contributed by atoms with E-state index in [9.17, 15) is 4.79 Å². The summed E-state index contributed by atoms with van der Waals surface area (Å²) in [5.74, 6) is -0.358. The Bertz CT molecular complexity index is 830. The number of carbonyl (C=O) groups is 1. The number of hydrogen-bond donors (Lipinski definition) is 2. The van der Waals surface area contributed by atoms with Crippen LogP contribution < -0.4 is 5.32 Å². The van der Waals surface area contributed by atoms with Gasteiger partial charge in [0, 0.05) is 10.4 Å². The van der Waals surface area contributed by atoms with E-state index in [0.717, 1.165) is 26.2 Å². The van der Waals surface area contributed by atoms with Crippen LogP contribution in [0.15, 0.2) is 36.7 Å². The number of nitrogens with zero attached hydrogens (tertiary/aromatic N) is 2. The minimum absolute atomic E-state index is 0.558. The first-order valence-corrected chi connectivity index (χ1v) is 7.68.